The van der Waals surface area contributed by atoms with Crippen molar-refractivity contribution in [2.24, 2.45) is 0 Å². The smallest absolute Gasteiger partial charge is 0.129 e. The molecule has 0 bridgehead atoms. The summed E-state index contributed by atoms with van der Waals surface area (Å²) in [6.45, 7) is 3.26. The minimum Gasteiger partial charge on any atom is -0.394 e. The van der Waals surface area contributed by atoms with E-state index in [1.165, 1.54) is 19.3 Å². The van der Waals surface area contributed by atoms with Gasteiger partial charge < -0.3 is 10.0 Å². The van der Waals surface area contributed by atoms with Gasteiger partial charge in [-0.1, -0.05) is 18.9 Å². The largest absolute Gasteiger partial charge is 0.394 e. The van der Waals surface area contributed by atoms with Crippen LogP contribution in [0.25, 0.3) is 0 Å². The maximum absolute atomic E-state index is 9.45. The average molecular weight is 220 g/mol. The highest BCUT2D eigenvalue weighted by molar-refractivity contribution is 5.40. The first-order valence-corrected chi connectivity index (χ1v) is 6.12. The summed E-state index contributed by atoms with van der Waals surface area (Å²) in [5.74, 6) is 1.01. The quantitative estimate of drug-likeness (QED) is 0.829. The van der Waals surface area contributed by atoms with Crippen LogP contribution in [0.15, 0.2) is 18.2 Å². The second-order valence-electron chi connectivity index (χ2n) is 4.52. The highest BCUT2D eigenvalue weighted by atomic mass is 16.3. The van der Waals surface area contributed by atoms with E-state index in [1.54, 1.807) is 0 Å². The van der Waals surface area contributed by atoms with Crippen molar-refractivity contribution in [2.45, 2.75) is 38.6 Å². The van der Waals surface area contributed by atoms with Gasteiger partial charge in [-0.05, 0) is 31.9 Å². The summed E-state index contributed by atoms with van der Waals surface area (Å²) in [7, 11) is 0. The highest BCUT2D eigenvalue weighted by Crippen LogP contribution is 2.22. The topological polar surface area (TPSA) is 36.4 Å². The fraction of sp³-hybridized carbons (Fsp3) is 0.615. The molecule has 1 aromatic heterocycles. The lowest BCUT2D eigenvalue weighted by atomic mass is 10.1. The van der Waals surface area contributed by atoms with E-state index < -0.39 is 0 Å². The molecule has 3 nitrogen and oxygen atoms in total. The molecular weight excluding hydrogens is 200 g/mol. The van der Waals surface area contributed by atoms with Crippen molar-refractivity contribution in [2.75, 3.05) is 18.1 Å². The van der Waals surface area contributed by atoms with Crippen LogP contribution in [0.2, 0.25) is 0 Å². The number of aliphatic hydroxyl groups is 1. The number of rotatable bonds is 2. The van der Waals surface area contributed by atoms with Crippen LogP contribution in [0.4, 0.5) is 5.82 Å². The number of hydrogen-bond donors (Lipinski definition) is 1. The number of aryl methyl sites for hydroxylation is 1. The Labute approximate surface area is 97.1 Å². The minimum absolute atomic E-state index is 0.232. The van der Waals surface area contributed by atoms with Crippen molar-refractivity contribution in [3.8, 4) is 0 Å². The van der Waals surface area contributed by atoms with E-state index in [0.29, 0.717) is 0 Å². The Balaban J connectivity index is 2.21. The van der Waals surface area contributed by atoms with Gasteiger partial charge in [0.1, 0.15) is 5.82 Å². The summed E-state index contributed by atoms with van der Waals surface area (Å²) < 4.78 is 0. The van der Waals surface area contributed by atoms with E-state index in [1.807, 2.05) is 25.1 Å². The van der Waals surface area contributed by atoms with Gasteiger partial charge in [0.2, 0.25) is 0 Å². The summed E-state index contributed by atoms with van der Waals surface area (Å²) in [4.78, 5) is 6.82. The van der Waals surface area contributed by atoms with Gasteiger partial charge in [-0.25, -0.2) is 4.98 Å². The van der Waals surface area contributed by atoms with Gasteiger partial charge in [-0.3, -0.25) is 0 Å². The third kappa shape index (κ3) is 2.53. The molecule has 0 spiro atoms. The van der Waals surface area contributed by atoms with Crippen LogP contribution in [0.3, 0.4) is 0 Å². The molecule has 1 atom stereocenters. The zero-order valence-corrected chi connectivity index (χ0v) is 9.89. The van der Waals surface area contributed by atoms with Gasteiger partial charge in [0, 0.05) is 12.2 Å². The zero-order chi connectivity index (χ0) is 11.4. The van der Waals surface area contributed by atoms with E-state index in [0.717, 1.165) is 24.5 Å². The van der Waals surface area contributed by atoms with Crippen LogP contribution in [0.5, 0.6) is 0 Å². The summed E-state index contributed by atoms with van der Waals surface area (Å²) >= 11 is 0. The van der Waals surface area contributed by atoms with Gasteiger partial charge in [-0.2, -0.15) is 0 Å². The molecule has 16 heavy (non-hydrogen) atoms. The number of aromatic nitrogens is 1. The first-order valence-electron chi connectivity index (χ1n) is 6.12. The molecule has 88 valence electrons. The van der Waals surface area contributed by atoms with Crippen LogP contribution >= 0.6 is 0 Å². The van der Waals surface area contributed by atoms with Gasteiger partial charge in [0.25, 0.3) is 0 Å². The lowest BCUT2D eigenvalue weighted by molar-refractivity contribution is 0.254. The predicted octanol–water partition coefficient (Wildman–Crippen LogP) is 2.13. The van der Waals surface area contributed by atoms with E-state index in [2.05, 4.69) is 9.88 Å². The van der Waals surface area contributed by atoms with Crippen molar-refractivity contribution < 1.29 is 5.11 Å². The molecule has 1 aromatic rings. The molecule has 0 amide bonds. The van der Waals surface area contributed by atoms with Crippen LogP contribution in [0.1, 0.15) is 31.4 Å². The Hall–Kier alpha value is -1.09. The molecule has 0 radical (unpaired) electrons. The average Bonchev–Trinajstić information content (AvgIpc) is 2.53. The van der Waals surface area contributed by atoms with Crippen LogP contribution < -0.4 is 4.90 Å². The summed E-state index contributed by atoms with van der Waals surface area (Å²) in [6.07, 6.45) is 4.75. The lowest BCUT2D eigenvalue weighted by Crippen LogP contribution is -2.38. The normalized spacial score (nSPS) is 21.9. The Morgan fingerprint density at radius 1 is 1.38 bits per heavy atom. The third-order valence-corrected chi connectivity index (χ3v) is 3.26. The molecule has 3 heteroatoms. The van der Waals surface area contributed by atoms with Crippen molar-refractivity contribution >= 4 is 5.82 Å². The fourth-order valence-electron chi connectivity index (χ4n) is 2.36. The number of aliphatic hydroxyl groups excluding tert-OH is 1. The monoisotopic (exact) mass is 220 g/mol. The molecule has 2 rings (SSSR count). The number of hydrogen-bond acceptors (Lipinski definition) is 3. The Kier molecular flexibility index (Phi) is 3.78. The molecule has 1 saturated heterocycles. The van der Waals surface area contributed by atoms with Gasteiger partial charge in [-0.15, -0.1) is 0 Å². The Morgan fingerprint density at radius 2 is 2.25 bits per heavy atom. The van der Waals surface area contributed by atoms with E-state index >= 15 is 0 Å². The van der Waals surface area contributed by atoms with Crippen molar-refractivity contribution in [3.63, 3.8) is 0 Å². The maximum Gasteiger partial charge on any atom is 0.129 e. The molecule has 1 aliphatic heterocycles. The molecule has 0 aromatic carbocycles. The zero-order valence-electron chi connectivity index (χ0n) is 9.89. The van der Waals surface area contributed by atoms with Crippen molar-refractivity contribution in [1.29, 1.82) is 0 Å². The van der Waals surface area contributed by atoms with Gasteiger partial charge in [0.15, 0.2) is 0 Å². The SMILES string of the molecule is Cc1cccc(N2CCCCCC2CO)n1. The molecule has 2 heterocycles. The molecule has 1 unspecified atom stereocenters. The summed E-state index contributed by atoms with van der Waals surface area (Å²) in [6, 6.07) is 6.34. The Morgan fingerprint density at radius 3 is 3.00 bits per heavy atom. The first kappa shape index (κ1) is 11.4. The van der Waals surface area contributed by atoms with Gasteiger partial charge >= 0.3 is 0 Å². The van der Waals surface area contributed by atoms with Crippen LogP contribution in [0, 0.1) is 6.92 Å². The fourth-order valence-corrected chi connectivity index (χ4v) is 2.36. The van der Waals surface area contributed by atoms with Gasteiger partial charge in [0.05, 0.1) is 12.6 Å². The first-order chi connectivity index (χ1) is 7.81. The predicted molar refractivity (Wildman–Crippen MR) is 65.7 cm³/mol. The number of anilines is 1. The molecule has 1 N–H and O–H groups in total. The summed E-state index contributed by atoms with van der Waals surface area (Å²) in [5, 5.41) is 9.45. The van der Waals surface area contributed by atoms with E-state index in [-0.39, 0.29) is 12.6 Å². The van der Waals surface area contributed by atoms with E-state index in [4.69, 9.17) is 0 Å². The highest BCUT2D eigenvalue weighted by Gasteiger charge is 2.21. The molecule has 0 aliphatic carbocycles. The Bertz CT molecular complexity index is 340. The van der Waals surface area contributed by atoms with Crippen molar-refractivity contribution in [1.82, 2.24) is 4.98 Å². The minimum atomic E-state index is 0.232. The van der Waals surface area contributed by atoms with Crippen LogP contribution in [-0.4, -0.2) is 29.3 Å². The molecule has 0 saturated carbocycles. The molecule has 1 fully saturated rings. The third-order valence-electron chi connectivity index (χ3n) is 3.26. The van der Waals surface area contributed by atoms with E-state index in [9.17, 15) is 5.11 Å². The second-order valence-corrected chi connectivity index (χ2v) is 4.52. The molecule has 1 aliphatic rings. The lowest BCUT2D eigenvalue weighted by Gasteiger charge is -2.29. The second kappa shape index (κ2) is 5.30. The van der Waals surface area contributed by atoms with Crippen molar-refractivity contribution in [3.05, 3.63) is 23.9 Å². The summed E-state index contributed by atoms with van der Waals surface area (Å²) in [5.41, 5.74) is 1.04. The standard InChI is InChI=1S/C13H20N2O/c1-11-6-5-8-13(14-11)15-9-4-2-3-7-12(15)10-16/h5-6,8,12,16H,2-4,7,9-10H2,1H3. The maximum atomic E-state index is 9.45. The number of pyridine rings is 1. The van der Waals surface area contributed by atoms with Crippen LogP contribution in [-0.2, 0) is 0 Å². The molecular formula is C13H20N2O. The number of nitrogens with zero attached hydrogens (tertiary/aromatic N) is 2.